The van der Waals surface area contributed by atoms with Crippen LogP contribution in [-0.4, -0.2) is 9.97 Å². The molecule has 4 rings (SSSR count). The fourth-order valence-electron chi connectivity index (χ4n) is 2.77. The summed E-state index contributed by atoms with van der Waals surface area (Å²) in [5, 5.41) is 13.0. The molecule has 0 atom stereocenters. The summed E-state index contributed by atoms with van der Waals surface area (Å²) < 4.78 is 0. The van der Waals surface area contributed by atoms with E-state index in [1.54, 1.807) is 24.3 Å². The number of H-pyrrole nitrogens is 1. The summed E-state index contributed by atoms with van der Waals surface area (Å²) in [5.74, 6) is 0. The number of nitrogens with one attached hydrogen (secondary N) is 2. The Morgan fingerprint density at radius 3 is 2.76 bits per heavy atom. The van der Waals surface area contributed by atoms with E-state index in [0.717, 1.165) is 11.1 Å². The van der Waals surface area contributed by atoms with Crippen molar-refractivity contribution < 1.29 is 0 Å². The number of halogens is 2. The maximum Gasteiger partial charge on any atom is 0.276 e. The third-order valence-electron chi connectivity index (χ3n) is 4.03. The van der Waals surface area contributed by atoms with Gasteiger partial charge in [-0.2, -0.15) is 5.26 Å². The van der Waals surface area contributed by atoms with Crippen LogP contribution in [0.25, 0.3) is 22.8 Å². The first kappa shape index (κ1) is 15.7. The van der Waals surface area contributed by atoms with Gasteiger partial charge in [-0.05, 0) is 41.5 Å². The van der Waals surface area contributed by atoms with Gasteiger partial charge in [0, 0.05) is 6.54 Å². The number of hydrogen-bond acceptors (Lipinski definition) is 4. The highest BCUT2D eigenvalue weighted by Gasteiger charge is 2.16. The van der Waals surface area contributed by atoms with Gasteiger partial charge in [0.1, 0.15) is 0 Å². The zero-order chi connectivity index (χ0) is 17.6. The molecule has 2 aromatic carbocycles. The van der Waals surface area contributed by atoms with Crippen LogP contribution in [0.4, 0.5) is 0 Å². The first-order chi connectivity index (χ1) is 12.0. The van der Waals surface area contributed by atoms with E-state index in [0.29, 0.717) is 38.9 Å². The minimum Gasteiger partial charge on any atom is -0.379 e. The second-order valence-electron chi connectivity index (χ2n) is 5.63. The summed E-state index contributed by atoms with van der Waals surface area (Å²) in [6, 6.07) is 10.8. The van der Waals surface area contributed by atoms with Gasteiger partial charge in [-0.3, -0.25) is 4.79 Å². The monoisotopic (exact) mass is 368 g/mol. The van der Waals surface area contributed by atoms with Gasteiger partial charge < -0.3 is 10.3 Å². The van der Waals surface area contributed by atoms with Crippen LogP contribution < -0.4 is 10.9 Å². The van der Waals surface area contributed by atoms with Gasteiger partial charge >= 0.3 is 0 Å². The molecule has 1 aliphatic rings. The Kier molecular flexibility index (Phi) is 3.72. The Balaban J connectivity index is 1.88. The van der Waals surface area contributed by atoms with E-state index in [1.807, 2.05) is 12.1 Å². The lowest BCUT2D eigenvalue weighted by molar-refractivity contribution is 0.869. The van der Waals surface area contributed by atoms with Gasteiger partial charge in [0.25, 0.3) is 5.56 Å². The first-order valence-corrected chi connectivity index (χ1v) is 8.19. The molecule has 0 saturated carbocycles. The molecule has 1 aromatic heterocycles. The quantitative estimate of drug-likeness (QED) is 0.685. The third-order valence-corrected chi connectivity index (χ3v) is 4.76. The van der Waals surface area contributed by atoms with Crippen LogP contribution >= 0.6 is 23.2 Å². The van der Waals surface area contributed by atoms with Crippen molar-refractivity contribution >= 4 is 46.0 Å². The minimum absolute atomic E-state index is 0.263. The van der Waals surface area contributed by atoms with Gasteiger partial charge in [0.2, 0.25) is 0 Å². The summed E-state index contributed by atoms with van der Waals surface area (Å²) in [7, 11) is 0. The van der Waals surface area contributed by atoms with Gasteiger partial charge in [0.15, 0.2) is 5.69 Å². The predicted octanol–water partition coefficient (Wildman–Crippen LogP) is 3.70. The maximum absolute atomic E-state index is 12.4. The van der Waals surface area contributed by atoms with Gasteiger partial charge in [-0.1, -0.05) is 29.3 Å². The first-order valence-electron chi connectivity index (χ1n) is 7.43. The highest BCUT2D eigenvalue weighted by Crippen LogP contribution is 2.27. The molecule has 0 amide bonds. The summed E-state index contributed by atoms with van der Waals surface area (Å²) in [6.45, 7) is 0.549. The smallest absolute Gasteiger partial charge is 0.276 e. The minimum atomic E-state index is -0.329. The normalized spacial score (nSPS) is 12.9. The van der Waals surface area contributed by atoms with Crippen LogP contribution in [0.2, 0.25) is 10.0 Å². The Bertz CT molecular complexity index is 1160. The molecule has 0 aliphatic carbocycles. The van der Waals surface area contributed by atoms with Crippen molar-refractivity contribution in [3.63, 3.8) is 0 Å². The lowest BCUT2D eigenvalue weighted by Gasteiger charge is -2.18. The fraction of sp³-hybridized carbons (Fsp3) is 0.0556. The molecule has 2 heterocycles. The second-order valence-corrected chi connectivity index (χ2v) is 6.45. The van der Waals surface area contributed by atoms with E-state index in [9.17, 15) is 4.79 Å². The zero-order valence-electron chi connectivity index (χ0n) is 12.7. The van der Waals surface area contributed by atoms with Crippen LogP contribution in [0, 0.1) is 11.3 Å². The molecule has 5 nitrogen and oxygen atoms in total. The van der Waals surface area contributed by atoms with E-state index >= 15 is 0 Å². The van der Waals surface area contributed by atoms with E-state index in [2.05, 4.69) is 21.4 Å². The van der Waals surface area contributed by atoms with Crippen LogP contribution in [0.3, 0.4) is 0 Å². The Morgan fingerprint density at radius 2 is 1.96 bits per heavy atom. The van der Waals surface area contributed by atoms with Crippen molar-refractivity contribution in [3.05, 3.63) is 73.1 Å². The van der Waals surface area contributed by atoms with Crippen molar-refractivity contribution in [2.75, 3.05) is 0 Å². The van der Waals surface area contributed by atoms with Crippen molar-refractivity contribution in [3.8, 4) is 6.07 Å². The largest absolute Gasteiger partial charge is 0.379 e. The highest BCUT2D eigenvalue weighted by atomic mass is 35.5. The molecular weight excluding hydrogens is 359 g/mol. The molecule has 3 aromatic rings. The van der Waals surface area contributed by atoms with Crippen molar-refractivity contribution in [1.82, 2.24) is 15.3 Å². The maximum atomic E-state index is 12.4. The average molecular weight is 369 g/mol. The number of aromatic nitrogens is 2. The van der Waals surface area contributed by atoms with Crippen LogP contribution in [-0.2, 0) is 6.54 Å². The fourth-order valence-corrected chi connectivity index (χ4v) is 3.09. The lowest BCUT2D eigenvalue weighted by atomic mass is 9.99. The molecule has 1 aliphatic heterocycles. The second kappa shape index (κ2) is 5.92. The van der Waals surface area contributed by atoms with Crippen molar-refractivity contribution in [1.29, 1.82) is 5.26 Å². The number of hydrogen-bond donors (Lipinski definition) is 2. The molecular formula is C18H10Cl2N4O. The lowest BCUT2D eigenvalue weighted by Crippen LogP contribution is -2.24. The summed E-state index contributed by atoms with van der Waals surface area (Å²) in [4.78, 5) is 19.6. The number of nitriles is 1. The molecule has 0 spiro atoms. The third kappa shape index (κ3) is 2.76. The highest BCUT2D eigenvalue weighted by molar-refractivity contribution is 6.42. The number of rotatable bonds is 1. The molecule has 2 N–H and O–H groups in total. The number of aromatic amines is 1. The van der Waals surface area contributed by atoms with Crippen molar-refractivity contribution in [2.45, 2.75) is 6.54 Å². The molecule has 0 bridgehead atoms. The summed E-state index contributed by atoms with van der Waals surface area (Å²) in [6.07, 6.45) is 1.82. The standard InChI is InChI=1S/C18H10Cl2N4O/c19-12-5-14-15(6-13(12)20)24-18(25)17(23-14)16-4-11-3-9(7-21)1-2-10(11)8-22-16/h1-6,22H,8H2,(H,24,25). The van der Waals surface area contributed by atoms with Crippen LogP contribution in [0.5, 0.6) is 0 Å². The van der Waals surface area contributed by atoms with Crippen molar-refractivity contribution in [2.24, 2.45) is 0 Å². The Morgan fingerprint density at radius 1 is 1.16 bits per heavy atom. The number of fused-ring (bicyclic) bond motifs is 2. The molecule has 0 unspecified atom stereocenters. The van der Waals surface area contributed by atoms with Gasteiger partial charge in [-0.15, -0.1) is 0 Å². The molecule has 0 radical (unpaired) electrons. The predicted molar refractivity (Wildman–Crippen MR) is 98.3 cm³/mol. The zero-order valence-corrected chi connectivity index (χ0v) is 14.2. The Labute approximate surface area is 152 Å². The molecule has 0 fully saturated rings. The molecule has 122 valence electrons. The number of benzene rings is 2. The number of nitrogens with zero attached hydrogens (tertiary/aromatic N) is 2. The average Bonchev–Trinajstić information content (AvgIpc) is 2.61. The SMILES string of the molecule is N#Cc1ccc2c(c1)C=C(c1nc3cc(Cl)c(Cl)cc3[nH]c1=O)NC2. The van der Waals surface area contributed by atoms with Gasteiger partial charge in [0.05, 0.1) is 38.4 Å². The molecule has 25 heavy (non-hydrogen) atoms. The summed E-state index contributed by atoms with van der Waals surface area (Å²) in [5.41, 5.74) is 4.10. The molecule has 7 heteroatoms. The van der Waals surface area contributed by atoms with E-state index < -0.39 is 0 Å². The van der Waals surface area contributed by atoms with Crippen LogP contribution in [0.15, 0.2) is 35.1 Å². The van der Waals surface area contributed by atoms with E-state index in [-0.39, 0.29) is 11.3 Å². The van der Waals surface area contributed by atoms with Gasteiger partial charge in [-0.25, -0.2) is 4.98 Å². The van der Waals surface area contributed by atoms with E-state index in [1.165, 1.54) is 0 Å². The van der Waals surface area contributed by atoms with E-state index in [4.69, 9.17) is 28.5 Å². The topological polar surface area (TPSA) is 81.6 Å². The molecule has 0 saturated heterocycles. The summed E-state index contributed by atoms with van der Waals surface area (Å²) >= 11 is 12.0. The Hall–Kier alpha value is -2.81. The van der Waals surface area contributed by atoms with Crippen LogP contribution in [0.1, 0.15) is 22.4 Å².